The van der Waals surface area contributed by atoms with Crippen LogP contribution >= 0.6 is 11.8 Å². The Morgan fingerprint density at radius 1 is 1.35 bits per heavy atom. The predicted molar refractivity (Wildman–Crippen MR) is 74.4 cm³/mol. The average molecular weight is 305 g/mol. The summed E-state index contributed by atoms with van der Waals surface area (Å²) in [6, 6.07) is 3.40. The molecule has 0 radical (unpaired) electrons. The fourth-order valence-electron chi connectivity index (χ4n) is 2.69. The van der Waals surface area contributed by atoms with Gasteiger partial charge in [-0.05, 0) is 60.8 Å². The molecule has 1 aromatic carbocycles. The Bertz CT molecular complexity index is 476. The number of thioether (sulfide) groups is 1. The highest BCUT2D eigenvalue weighted by Crippen LogP contribution is 2.43. The number of alkyl halides is 3. The van der Waals surface area contributed by atoms with Gasteiger partial charge in [0, 0.05) is 10.9 Å². The Hall–Kier alpha value is -0.880. The highest BCUT2D eigenvalue weighted by atomic mass is 32.2. The van der Waals surface area contributed by atoms with Crippen LogP contribution in [-0.4, -0.2) is 25.2 Å². The molecule has 0 aliphatic heterocycles. The van der Waals surface area contributed by atoms with E-state index < -0.39 is 5.51 Å². The van der Waals surface area contributed by atoms with Gasteiger partial charge < -0.3 is 10.1 Å². The van der Waals surface area contributed by atoms with Gasteiger partial charge in [0.25, 0.3) is 0 Å². The van der Waals surface area contributed by atoms with Gasteiger partial charge in [0.15, 0.2) is 0 Å². The van der Waals surface area contributed by atoms with Gasteiger partial charge in [0.05, 0.1) is 7.11 Å². The van der Waals surface area contributed by atoms with Gasteiger partial charge in [0.1, 0.15) is 5.75 Å². The summed E-state index contributed by atoms with van der Waals surface area (Å²) in [7, 11) is 1.56. The molecule has 1 aliphatic rings. The van der Waals surface area contributed by atoms with Crippen molar-refractivity contribution in [2.75, 3.05) is 13.7 Å². The predicted octanol–water partition coefficient (Wildman–Crippen LogP) is 3.77. The van der Waals surface area contributed by atoms with Crippen molar-refractivity contribution in [3.8, 4) is 5.75 Å². The van der Waals surface area contributed by atoms with Crippen molar-refractivity contribution in [1.29, 1.82) is 0 Å². The second-order valence-corrected chi connectivity index (χ2v) is 5.88. The number of hydrogen-bond donors (Lipinski definition) is 1. The van der Waals surface area contributed by atoms with E-state index in [1.54, 1.807) is 13.2 Å². The van der Waals surface area contributed by atoms with E-state index in [-0.39, 0.29) is 17.8 Å². The number of hydrogen-bond acceptors (Lipinski definition) is 3. The van der Waals surface area contributed by atoms with E-state index in [2.05, 4.69) is 5.32 Å². The molecule has 0 saturated heterocycles. The smallest absolute Gasteiger partial charge is 0.446 e. The first-order valence-corrected chi connectivity index (χ1v) is 7.44. The number of benzene rings is 1. The third-order valence-electron chi connectivity index (χ3n) is 3.48. The van der Waals surface area contributed by atoms with Crippen LogP contribution in [0.25, 0.3) is 0 Å². The first-order valence-electron chi connectivity index (χ1n) is 6.62. The van der Waals surface area contributed by atoms with Crippen molar-refractivity contribution in [2.24, 2.45) is 0 Å². The number of halogens is 3. The summed E-state index contributed by atoms with van der Waals surface area (Å²) in [5.74, 6) is 0.696. The van der Waals surface area contributed by atoms with Gasteiger partial charge in [-0.2, -0.15) is 13.2 Å². The summed E-state index contributed by atoms with van der Waals surface area (Å²) in [4.78, 5) is 0.302. The maximum Gasteiger partial charge on any atom is 0.446 e. The van der Waals surface area contributed by atoms with Crippen molar-refractivity contribution in [1.82, 2.24) is 5.32 Å². The molecule has 0 bridgehead atoms. The SMILES string of the molecule is CCNC1CCc2c(OC)ccc(SC(F)(F)F)c2C1. The monoisotopic (exact) mass is 305 g/mol. The number of fused-ring (bicyclic) bond motifs is 1. The molecule has 20 heavy (non-hydrogen) atoms. The molecule has 1 N–H and O–H groups in total. The van der Waals surface area contributed by atoms with Crippen LogP contribution in [0.1, 0.15) is 24.5 Å². The lowest BCUT2D eigenvalue weighted by Gasteiger charge is -2.28. The molecule has 6 heteroatoms. The molecule has 112 valence electrons. The van der Waals surface area contributed by atoms with E-state index in [4.69, 9.17) is 4.74 Å². The average Bonchev–Trinajstić information content (AvgIpc) is 2.38. The lowest BCUT2D eigenvalue weighted by molar-refractivity contribution is -0.0328. The van der Waals surface area contributed by atoms with Crippen LogP contribution in [0.5, 0.6) is 5.75 Å². The van der Waals surface area contributed by atoms with E-state index in [1.165, 1.54) is 6.07 Å². The molecule has 0 fully saturated rings. The minimum Gasteiger partial charge on any atom is -0.496 e. The first-order chi connectivity index (χ1) is 9.44. The van der Waals surface area contributed by atoms with Gasteiger partial charge in [-0.15, -0.1) is 0 Å². The van der Waals surface area contributed by atoms with Crippen LogP contribution in [0.4, 0.5) is 13.2 Å². The van der Waals surface area contributed by atoms with Crippen molar-refractivity contribution >= 4 is 11.8 Å². The molecule has 0 aromatic heterocycles. The number of methoxy groups -OCH3 is 1. The molecule has 0 saturated carbocycles. The van der Waals surface area contributed by atoms with Crippen LogP contribution in [0.2, 0.25) is 0 Å². The molecule has 1 unspecified atom stereocenters. The van der Waals surface area contributed by atoms with E-state index >= 15 is 0 Å². The molecule has 0 amide bonds. The van der Waals surface area contributed by atoms with Gasteiger partial charge >= 0.3 is 5.51 Å². The minimum absolute atomic E-state index is 0.0286. The largest absolute Gasteiger partial charge is 0.496 e. The van der Waals surface area contributed by atoms with Crippen molar-refractivity contribution in [2.45, 2.75) is 42.6 Å². The first kappa shape index (κ1) is 15.5. The van der Waals surface area contributed by atoms with Gasteiger partial charge in [0.2, 0.25) is 0 Å². The van der Waals surface area contributed by atoms with Crippen molar-refractivity contribution in [3.05, 3.63) is 23.3 Å². The molecule has 2 nitrogen and oxygen atoms in total. The summed E-state index contributed by atoms with van der Waals surface area (Å²) in [5, 5.41) is 3.32. The maximum absolute atomic E-state index is 12.7. The Kier molecular flexibility index (Phi) is 4.86. The van der Waals surface area contributed by atoms with E-state index in [1.807, 2.05) is 6.92 Å². The molecule has 1 atom stereocenters. The summed E-state index contributed by atoms with van der Waals surface area (Å²) in [5.41, 5.74) is -2.55. The zero-order valence-corrected chi connectivity index (χ0v) is 12.3. The Morgan fingerprint density at radius 2 is 2.10 bits per heavy atom. The van der Waals surface area contributed by atoms with Gasteiger partial charge in [-0.3, -0.25) is 0 Å². The summed E-state index contributed by atoms with van der Waals surface area (Å²) in [6.07, 6.45) is 2.30. The van der Waals surface area contributed by atoms with E-state index in [0.29, 0.717) is 17.1 Å². The van der Waals surface area contributed by atoms with Gasteiger partial charge in [-0.1, -0.05) is 6.92 Å². The summed E-state index contributed by atoms with van der Waals surface area (Å²) in [6.45, 7) is 2.83. The summed E-state index contributed by atoms with van der Waals surface area (Å²) < 4.78 is 43.2. The molecular formula is C14H18F3NOS. The molecular weight excluding hydrogens is 287 g/mol. The standard InChI is InChI=1S/C14H18F3NOS/c1-3-18-9-4-5-10-11(8-9)13(20-14(15,16)17)7-6-12(10)19-2/h6-7,9,18H,3-5,8H2,1-2H3. The highest BCUT2D eigenvalue weighted by Gasteiger charge is 2.33. The Labute approximate surface area is 121 Å². The molecule has 1 aromatic rings. The lowest BCUT2D eigenvalue weighted by Crippen LogP contribution is -2.34. The Balaban J connectivity index is 2.35. The fourth-order valence-corrected chi connectivity index (χ4v) is 3.40. The van der Waals surface area contributed by atoms with Crippen LogP contribution in [-0.2, 0) is 12.8 Å². The van der Waals surface area contributed by atoms with E-state index in [0.717, 1.165) is 30.5 Å². The second kappa shape index (κ2) is 6.26. The molecule has 1 aliphatic carbocycles. The van der Waals surface area contributed by atoms with Crippen LogP contribution in [0.15, 0.2) is 17.0 Å². The van der Waals surface area contributed by atoms with Crippen molar-refractivity contribution in [3.63, 3.8) is 0 Å². The zero-order chi connectivity index (χ0) is 14.8. The highest BCUT2D eigenvalue weighted by molar-refractivity contribution is 8.00. The maximum atomic E-state index is 12.7. The second-order valence-electron chi connectivity index (χ2n) is 4.77. The third kappa shape index (κ3) is 3.61. The van der Waals surface area contributed by atoms with E-state index in [9.17, 15) is 13.2 Å². The number of rotatable bonds is 4. The van der Waals surface area contributed by atoms with Crippen LogP contribution in [0, 0.1) is 0 Å². The molecule has 0 spiro atoms. The normalized spacial score (nSPS) is 18.8. The Morgan fingerprint density at radius 3 is 2.70 bits per heavy atom. The zero-order valence-electron chi connectivity index (χ0n) is 11.5. The van der Waals surface area contributed by atoms with Crippen LogP contribution in [0.3, 0.4) is 0 Å². The molecule has 2 rings (SSSR count). The third-order valence-corrected chi connectivity index (χ3v) is 4.31. The van der Waals surface area contributed by atoms with Crippen molar-refractivity contribution < 1.29 is 17.9 Å². The number of nitrogens with one attached hydrogen (secondary N) is 1. The number of ether oxygens (including phenoxy) is 1. The summed E-state index contributed by atoms with van der Waals surface area (Å²) >= 11 is -0.0286. The fraction of sp³-hybridized carbons (Fsp3) is 0.571. The number of likely N-dealkylation sites (N-methyl/N-ethyl adjacent to an activating group) is 1. The molecule has 0 heterocycles. The van der Waals surface area contributed by atoms with Gasteiger partial charge in [-0.25, -0.2) is 0 Å². The van der Waals surface area contributed by atoms with Crippen LogP contribution < -0.4 is 10.1 Å². The topological polar surface area (TPSA) is 21.3 Å². The quantitative estimate of drug-likeness (QED) is 0.856. The lowest BCUT2D eigenvalue weighted by atomic mass is 9.87. The minimum atomic E-state index is -4.26.